The van der Waals surface area contributed by atoms with Crippen molar-refractivity contribution in [2.24, 2.45) is 0 Å². The topological polar surface area (TPSA) is 12.0 Å². The summed E-state index contributed by atoms with van der Waals surface area (Å²) in [6.07, 6.45) is 5.21. The van der Waals surface area contributed by atoms with Crippen molar-refractivity contribution in [3.63, 3.8) is 0 Å². The van der Waals surface area contributed by atoms with Crippen molar-refractivity contribution in [3.05, 3.63) is 35.1 Å². The van der Waals surface area contributed by atoms with E-state index in [1.165, 1.54) is 25.7 Å². The maximum Gasteiger partial charge on any atom is 0.126 e. The molecular weight excluding hydrogens is 189 g/mol. The molecule has 0 heterocycles. The Morgan fingerprint density at radius 3 is 2.73 bits per heavy atom. The van der Waals surface area contributed by atoms with E-state index in [-0.39, 0.29) is 5.82 Å². The van der Waals surface area contributed by atoms with Gasteiger partial charge in [0.2, 0.25) is 0 Å². The first-order chi connectivity index (χ1) is 7.25. The molecule has 2 heteroatoms. The third kappa shape index (κ3) is 2.78. The Morgan fingerprint density at radius 1 is 1.33 bits per heavy atom. The quantitative estimate of drug-likeness (QED) is 0.802. The number of rotatable bonds is 3. The lowest BCUT2D eigenvalue weighted by Crippen LogP contribution is -2.25. The predicted octanol–water partition coefficient (Wildman–Crippen LogP) is 3.17. The summed E-state index contributed by atoms with van der Waals surface area (Å²) >= 11 is 0. The van der Waals surface area contributed by atoms with Crippen molar-refractivity contribution in [2.45, 2.75) is 45.2 Å². The first-order valence-electron chi connectivity index (χ1n) is 5.74. The van der Waals surface area contributed by atoms with E-state index >= 15 is 0 Å². The van der Waals surface area contributed by atoms with Gasteiger partial charge in [-0.25, -0.2) is 4.39 Å². The van der Waals surface area contributed by atoms with Crippen LogP contribution in [0.4, 0.5) is 4.39 Å². The molecule has 0 spiro atoms. The second-order valence-corrected chi connectivity index (χ2v) is 4.45. The van der Waals surface area contributed by atoms with E-state index in [1.807, 2.05) is 12.1 Å². The van der Waals surface area contributed by atoms with Crippen LogP contribution >= 0.6 is 0 Å². The molecule has 1 saturated carbocycles. The molecule has 0 unspecified atom stereocenters. The van der Waals surface area contributed by atoms with Gasteiger partial charge in [0.25, 0.3) is 0 Å². The van der Waals surface area contributed by atoms with Gasteiger partial charge in [0, 0.05) is 12.6 Å². The van der Waals surface area contributed by atoms with Crippen LogP contribution in [-0.2, 0) is 6.54 Å². The highest BCUT2D eigenvalue weighted by atomic mass is 19.1. The van der Waals surface area contributed by atoms with Crippen molar-refractivity contribution >= 4 is 0 Å². The van der Waals surface area contributed by atoms with Crippen LogP contribution in [0.15, 0.2) is 18.2 Å². The number of aryl methyl sites for hydroxylation is 1. The Hall–Kier alpha value is -0.890. The van der Waals surface area contributed by atoms with Gasteiger partial charge in [-0.2, -0.15) is 0 Å². The van der Waals surface area contributed by atoms with Gasteiger partial charge in [-0.3, -0.25) is 0 Å². The van der Waals surface area contributed by atoms with E-state index in [1.54, 1.807) is 13.0 Å². The average molecular weight is 207 g/mol. The number of nitrogens with one attached hydrogen (secondary N) is 1. The van der Waals surface area contributed by atoms with Gasteiger partial charge in [0.15, 0.2) is 0 Å². The zero-order valence-electron chi connectivity index (χ0n) is 9.22. The van der Waals surface area contributed by atoms with Crippen molar-refractivity contribution in [3.8, 4) is 0 Å². The van der Waals surface area contributed by atoms with Crippen LogP contribution in [0.5, 0.6) is 0 Å². The second kappa shape index (κ2) is 4.75. The molecule has 1 aliphatic carbocycles. The second-order valence-electron chi connectivity index (χ2n) is 4.45. The smallest absolute Gasteiger partial charge is 0.126 e. The molecule has 0 radical (unpaired) electrons. The lowest BCUT2D eigenvalue weighted by atomic mass is 10.1. The van der Waals surface area contributed by atoms with Gasteiger partial charge in [0.05, 0.1) is 0 Å². The maximum absolute atomic E-state index is 13.3. The van der Waals surface area contributed by atoms with Crippen LogP contribution in [0.1, 0.15) is 36.8 Å². The molecule has 0 saturated heterocycles. The summed E-state index contributed by atoms with van der Waals surface area (Å²) in [7, 11) is 0. The highest BCUT2D eigenvalue weighted by Crippen LogP contribution is 2.18. The minimum absolute atomic E-state index is 0.0966. The maximum atomic E-state index is 13.3. The van der Waals surface area contributed by atoms with Gasteiger partial charge in [-0.1, -0.05) is 25.0 Å². The summed E-state index contributed by atoms with van der Waals surface area (Å²) in [4.78, 5) is 0. The standard InChI is InChI=1S/C13H18FN/c1-10-6-7-11(8-13(10)14)9-15-12-4-2-3-5-12/h6-8,12,15H,2-5,9H2,1H3. The zero-order valence-corrected chi connectivity index (χ0v) is 9.22. The summed E-state index contributed by atoms with van der Waals surface area (Å²) in [6.45, 7) is 2.59. The molecule has 0 atom stereocenters. The minimum atomic E-state index is -0.0966. The third-order valence-corrected chi connectivity index (χ3v) is 3.19. The highest BCUT2D eigenvalue weighted by Gasteiger charge is 2.13. The molecule has 1 nitrogen and oxygen atoms in total. The fourth-order valence-corrected chi connectivity index (χ4v) is 2.14. The number of hydrogen-bond donors (Lipinski definition) is 1. The third-order valence-electron chi connectivity index (χ3n) is 3.19. The molecule has 0 amide bonds. The van der Waals surface area contributed by atoms with Crippen molar-refractivity contribution in [1.29, 1.82) is 0 Å². The van der Waals surface area contributed by atoms with E-state index in [2.05, 4.69) is 5.32 Å². The van der Waals surface area contributed by atoms with Crippen molar-refractivity contribution in [1.82, 2.24) is 5.32 Å². The van der Waals surface area contributed by atoms with E-state index in [0.717, 1.165) is 17.7 Å². The Labute approximate surface area is 90.7 Å². The van der Waals surface area contributed by atoms with Crippen LogP contribution < -0.4 is 5.32 Å². The minimum Gasteiger partial charge on any atom is -0.310 e. The van der Waals surface area contributed by atoms with Gasteiger partial charge < -0.3 is 5.32 Å². The lowest BCUT2D eigenvalue weighted by molar-refractivity contribution is 0.522. The largest absolute Gasteiger partial charge is 0.310 e. The molecule has 1 aromatic rings. The Morgan fingerprint density at radius 2 is 2.07 bits per heavy atom. The first kappa shape index (κ1) is 10.6. The highest BCUT2D eigenvalue weighted by molar-refractivity contribution is 5.23. The van der Waals surface area contributed by atoms with Gasteiger partial charge >= 0.3 is 0 Å². The summed E-state index contributed by atoms with van der Waals surface area (Å²) in [5, 5.41) is 3.48. The average Bonchev–Trinajstić information content (AvgIpc) is 2.73. The van der Waals surface area contributed by atoms with Crippen molar-refractivity contribution in [2.75, 3.05) is 0 Å². The molecule has 0 bridgehead atoms. The number of benzene rings is 1. The van der Waals surface area contributed by atoms with E-state index < -0.39 is 0 Å². The van der Waals surface area contributed by atoms with Crippen LogP contribution in [0, 0.1) is 12.7 Å². The van der Waals surface area contributed by atoms with Gasteiger partial charge in [-0.15, -0.1) is 0 Å². The molecule has 0 aliphatic heterocycles. The lowest BCUT2D eigenvalue weighted by Gasteiger charge is -2.11. The summed E-state index contributed by atoms with van der Waals surface area (Å²) < 4.78 is 13.3. The number of halogens is 1. The molecule has 0 aromatic heterocycles. The molecule has 82 valence electrons. The molecular formula is C13H18FN. The Balaban J connectivity index is 1.90. The van der Waals surface area contributed by atoms with E-state index in [0.29, 0.717) is 6.04 Å². The van der Waals surface area contributed by atoms with Gasteiger partial charge in [-0.05, 0) is 37.0 Å². The molecule has 15 heavy (non-hydrogen) atoms. The van der Waals surface area contributed by atoms with Crippen LogP contribution in [0.25, 0.3) is 0 Å². The summed E-state index contributed by atoms with van der Waals surface area (Å²) in [5.41, 5.74) is 1.77. The van der Waals surface area contributed by atoms with Crippen LogP contribution in [-0.4, -0.2) is 6.04 Å². The molecule has 1 aromatic carbocycles. The molecule has 1 fully saturated rings. The van der Waals surface area contributed by atoms with Crippen molar-refractivity contribution < 1.29 is 4.39 Å². The molecule has 2 rings (SSSR count). The fraction of sp³-hybridized carbons (Fsp3) is 0.538. The normalized spacial score (nSPS) is 17.2. The van der Waals surface area contributed by atoms with E-state index in [4.69, 9.17) is 0 Å². The number of hydrogen-bond acceptors (Lipinski definition) is 1. The zero-order chi connectivity index (χ0) is 10.7. The SMILES string of the molecule is Cc1ccc(CNC2CCCC2)cc1F. The Kier molecular flexibility index (Phi) is 3.37. The van der Waals surface area contributed by atoms with Gasteiger partial charge in [0.1, 0.15) is 5.82 Å². The summed E-state index contributed by atoms with van der Waals surface area (Å²) in [5.74, 6) is -0.0966. The fourth-order valence-electron chi connectivity index (χ4n) is 2.14. The Bertz CT molecular complexity index is 329. The first-order valence-corrected chi connectivity index (χ1v) is 5.74. The van der Waals surface area contributed by atoms with Crippen LogP contribution in [0.2, 0.25) is 0 Å². The van der Waals surface area contributed by atoms with E-state index in [9.17, 15) is 4.39 Å². The predicted molar refractivity (Wildman–Crippen MR) is 60.2 cm³/mol. The monoisotopic (exact) mass is 207 g/mol. The summed E-state index contributed by atoms with van der Waals surface area (Å²) in [6, 6.07) is 6.13. The molecule has 1 N–H and O–H groups in total. The van der Waals surface area contributed by atoms with Crippen LogP contribution in [0.3, 0.4) is 0 Å². The molecule has 1 aliphatic rings.